The first-order chi connectivity index (χ1) is 16.2. The highest BCUT2D eigenvalue weighted by Gasteiger charge is 2.57. The molecule has 37 heavy (non-hydrogen) atoms. The van der Waals surface area contributed by atoms with Crippen LogP contribution in [0.25, 0.3) is 0 Å². The maximum Gasteiger partial charge on any atom is 0.312 e. The van der Waals surface area contributed by atoms with Gasteiger partial charge in [0.25, 0.3) is 5.91 Å². The van der Waals surface area contributed by atoms with Crippen molar-refractivity contribution in [3.8, 4) is 0 Å². The van der Waals surface area contributed by atoms with Gasteiger partial charge in [0.15, 0.2) is 0 Å². The van der Waals surface area contributed by atoms with Crippen molar-refractivity contribution in [1.82, 2.24) is 4.72 Å². The highest BCUT2D eigenvalue weighted by molar-refractivity contribution is 7.91. The average molecular weight is 567 g/mol. The topological polar surface area (TPSA) is 142 Å². The van der Waals surface area contributed by atoms with Gasteiger partial charge in [-0.2, -0.15) is 0 Å². The molecule has 11 heteroatoms. The summed E-state index contributed by atoms with van der Waals surface area (Å²) in [7, 11) is -0.561. The van der Waals surface area contributed by atoms with Crippen LogP contribution in [0.1, 0.15) is 80.1 Å². The van der Waals surface area contributed by atoms with E-state index < -0.39 is 21.5 Å². The number of carbonyl (C=O) groups excluding carboxylic acids is 3. The zero-order chi connectivity index (χ0) is 26.8. The summed E-state index contributed by atoms with van der Waals surface area (Å²) in [6.45, 7) is 11.6. The highest BCUT2D eigenvalue weighted by atomic mass is 35.5. The third kappa shape index (κ3) is 7.93. The number of rotatable bonds is 8. The smallest absolute Gasteiger partial charge is 0.312 e. The Kier molecular flexibility index (Phi) is 12.4. The van der Waals surface area contributed by atoms with E-state index in [-0.39, 0.29) is 53.8 Å². The third-order valence-corrected chi connectivity index (χ3v) is 9.88. The van der Waals surface area contributed by atoms with Gasteiger partial charge in [0.2, 0.25) is 10.0 Å². The summed E-state index contributed by atoms with van der Waals surface area (Å²) in [5.41, 5.74) is 4.47. The lowest BCUT2D eigenvalue weighted by Crippen LogP contribution is -2.47. The predicted molar refractivity (Wildman–Crippen MR) is 146 cm³/mol. The molecule has 9 nitrogen and oxygen atoms in total. The van der Waals surface area contributed by atoms with Gasteiger partial charge in [0.1, 0.15) is 0 Å². The number of nitrogens with two attached hydrogens (primary N) is 1. The van der Waals surface area contributed by atoms with E-state index in [1.807, 2.05) is 26.8 Å². The normalized spacial score (nSPS) is 34.2. The summed E-state index contributed by atoms with van der Waals surface area (Å²) in [4.78, 5) is 33.7. The second kappa shape index (κ2) is 12.9. The van der Waals surface area contributed by atoms with Crippen LogP contribution >= 0.6 is 12.4 Å². The molecule has 0 aromatic rings. The van der Waals surface area contributed by atoms with E-state index in [0.29, 0.717) is 31.1 Å². The zero-order valence-corrected chi connectivity index (χ0v) is 23.9. The minimum absolute atomic E-state index is 0. The number of allylic oxidation sites excluding steroid dienone is 1. The van der Waals surface area contributed by atoms with Gasteiger partial charge in [-0.05, 0) is 63.7 Å². The summed E-state index contributed by atoms with van der Waals surface area (Å²) in [6, 6.07) is 0. The Morgan fingerprint density at radius 3 is 1.78 bits per heavy atom. The van der Waals surface area contributed by atoms with Crippen LogP contribution in [0.15, 0.2) is 12.7 Å². The molecule has 0 unspecified atom stereocenters. The van der Waals surface area contributed by atoms with Crippen LogP contribution in [0.4, 0.5) is 0 Å². The third-order valence-electron chi connectivity index (χ3n) is 8.06. The van der Waals surface area contributed by atoms with Crippen LogP contribution in [-0.4, -0.2) is 51.3 Å². The lowest BCUT2D eigenvalue weighted by atomic mass is 10.1. The monoisotopic (exact) mass is 566 g/mol. The number of hydrogen-bond donors (Lipinski definition) is 2. The maximum atomic E-state index is 11.6. The van der Waals surface area contributed by atoms with Gasteiger partial charge in [-0.3, -0.25) is 19.1 Å². The first-order valence-corrected chi connectivity index (χ1v) is 13.9. The molecule has 0 heterocycles. The summed E-state index contributed by atoms with van der Waals surface area (Å²) in [5.74, 6) is 0.352. The number of hydrogen-bond acceptors (Lipinski definition) is 8. The molecule has 0 aromatic carbocycles. The molecule has 0 aromatic heterocycles. The number of sulfonamides is 1. The van der Waals surface area contributed by atoms with Crippen molar-refractivity contribution in [3.63, 3.8) is 0 Å². The molecular formula is C26H47ClN2O7S. The van der Waals surface area contributed by atoms with E-state index >= 15 is 0 Å². The number of amides is 1. The molecule has 0 radical (unpaired) electrons. The van der Waals surface area contributed by atoms with Crippen LogP contribution < -0.4 is 10.5 Å². The van der Waals surface area contributed by atoms with Crippen molar-refractivity contribution in [2.75, 3.05) is 14.2 Å². The van der Waals surface area contributed by atoms with E-state index in [1.54, 1.807) is 0 Å². The van der Waals surface area contributed by atoms with Crippen molar-refractivity contribution in [1.29, 1.82) is 0 Å². The molecule has 0 aliphatic heterocycles. The second-order valence-electron chi connectivity index (χ2n) is 10.7. The molecule has 0 saturated heterocycles. The van der Waals surface area contributed by atoms with Crippen LogP contribution in [0.2, 0.25) is 0 Å². The number of carbonyl (C=O) groups is 3. The average Bonchev–Trinajstić information content (AvgIpc) is 3.64. The van der Waals surface area contributed by atoms with Gasteiger partial charge < -0.3 is 15.2 Å². The number of esters is 2. The van der Waals surface area contributed by atoms with Gasteiger partial charge in [0, 0.05) is 0 Å². The Bertz CT molecular complexity index is 955. The highest BCUT2D eigenvalue weighted by Crippen LogP contribution is 2.55. The molecule has 4 fully saturated rings. The van der Waals surface area contributed by atoms with Crippen LogP contribution in [-0.2, 0) is 33.9 Å². The predicted octanol–water partition coefficient (Wildman–Crippen LogP) is 3.75. The number of halogens is 1. The van der Waals surface area contributed by atoms with Crippen molar-refractivity contribution < 1.29 is 32.3 Å². The quantitative estimate of drug-likeness (QED) is 0.334. The summed E-state index contributed by atoms with van der Waals surface area (Å²) in [5, 5.41) is -0.371. The molecule has 4 aliphatic rings. The van der Waals surface area contributed by atoms with Crippen LogP contribution in [0.5, 0.6) is 0 Å². The Labute approximate surface area is 229 Å². The fraction of sp³-hybridized carbons (Fsp3) is 0.808. The Morgan fingerprint density at radius 1 is 0.973 bits per heavy atom. The van der Waals surface area contributed by atoms with Crippen LogP contribution in [0, 0.1) is 28.6 Å². The maximum absolute atomic E-state index is 11.6. The van der Waals surface area contributed by atoms with E-state index in [0.717, 1.165) is 25.7 Å². The molecule has 4 aliphatic carbocycles. The molecular weight excluding hydrogens is 520 g/mol. The summed E-state index contributed by atoms with van der Waals surface area (Å²) in [6.07, 6.45) is 7.51. The largest absolute Gasteiger partial charge is 0.469 e. The van der Waals surface area contributed by atoms with E-state index in [1.165, 1.54) is 14.2 Å². The Balaban J connectivity index is 0.000000528. The SMILES string of the molecule is C.C=C[C@@H]1C[C@]1(C)C(=O)OC.CC[C@@H]1C[C@]1(C)C(=O)OC.CC[C@@H]1C[C@]1(N)C(=O)NS(=O)(=O)C1CC1.Cl. The van der Waals surface area contributed by atoms with E-state index in [4.69, 9.17) is 5.73 Å². The standard InChI is InChI=1S/C9H16N2O3S.C8H14O2.C8H12O2.CH4.ClH/c1-2-6-5-9(6,10)8(12)11-15(13,14)7-3-4-7;2*1-4-6-5-8(6,2)7(9)10-3;;/h6-7H,2-5,10H2,1H3,(H,11,12);6H,4-5H2,1-3H3;4,6H,1,5H2,2-3H3;1H4;1H/t6-,9-;2*6-,8+;;/m111../s1. The first kappa shape index (κ1) is 35.4. The summed E-state index contributed by atoms with van der Waals surface area (Å²) >= 11 is 0. The van der Waals surface area contributed by atoms with Crippen molar-refractivity contribution in [2.24, 2.45) is 34.3 Å². The molecule has 1 amide bonds. The molecule has 6 atom stereocenters. The molecule has 0 bridgehead atoms. The lowest BCUT2D eigenvalue weighted by molar-refractivity contribution is -0.147. The van der Waals surface area contributed by atoms with Gasteiger partial charge in [-0.15, -0.1) is 19.0 Å². The molecule has 4 rings (SSSR count). The first-order valence-electron chi connectivity index (χ1n) is 12.3. The molecule has 3 N–H and O–H groups in total. The zero-order valence-electron chi connectivity index (χ0n) is 22.3. The minimum atomic E-state index is -3.44. The van der Waals surface area contributed by atoms with Crippen molar-refractivity contribution >= 4 is 40.3 Å². The summed E-state index contributed by atoms with van der Waals surface area (Å²) < 4.78 is 34.4. The second-order valence-corrected chi connectivity index (χ2v) is 12.7. The molecule has 216 valence electrons. The van der Waals surface area contributed by atoms with Gasteiger partial charge in [-0.25, -0.2) is 8.42 Å². The molecule has 4 saturated carbocycles. The minimum Gasteiger partial charge on any atom is -0.469 e. The van der Waals surface area contributed by atoms with Gasteiger partial charge >= 0.3 is 11.9 Å². The molecule has 0 spiro atoms. The Morgan fingerprint density at radius 2 is 1.46 bits per heavy atom. The van der Waals surface area contributed by atoms with Gasteiger partial charge in [0.05, 0.1) is 35.8 Å². The Hall–Kier alpha value is -1.65. The van der Waals surface area contributed by atoms with Gasteiger partial charge in [-0.1, -0.05) is 40.2 Å². The van der Waals surface area contributed by atoms with E-state index in [9.17, 15) is 22.8 Å². The van der Waals surface area contributed by atoms with Crippen LogP contribution in [0.3, 0.4) is 0 Å². The number of ether oxygens (including phenoxy) is 2. The lowest BCUT2D eigenvalue weighted by Gasteiger charge is -2.11. The fourth-order valence-corrected chi connectivity index (χ4v) is 5.93. The van der Waals surface area contributed by atoms with Crippen molar-refractivity contribution in [3.05, 3.63) is 12.7 Å². The van der Waals surface area contributed by atoms with Crippen molar-refractivity contribution in [2.45, 2.75) is 90.9 Å². The number of methoxy groups -OCH3 is 2. The van der Waals surface area contributed by atoms with E-state index in [2.05, 4.69) is 27.7 Å². The number of nitrogens with one attached hydrogen (secondary N) is 1. The fourth-order valence-electron chi connectivity index (χ4n) is 4.56.